The lowest BCUT2D eigenvalue weighted by Gasteiger charge is -2.18. The van der Waals surface area contributed by atoms with Crippen molar-refractivity contribution in [2.45, 2.75) is 6.54 Å². The van der Waals surface area contributed by atoms with Gasteiger partial charge in [-0.05, 0) is 24.3 Å². The van der Waals surface area contributed by atoms with Crippen LogP contribution in [0.5, 0.6) is 0 Å². The summed E-state index contributed by atoms with van der Waals surface area (Å²) in [5, 5.41) is 8.84. The average Bonchev–Trinajstić information content (AvgIpc) is 2.79. The van der Waals surface area contributed by atoms with Crippen molar-refractivity contribution >= 4 is 11.6 Å². The number of nitriles is 1. The van der Waals surface area contributed by atoms with Gasteiger partial charge in [0.2, 0.25) is 0 Å². The predicted molar refractivity (Wildman–Crippen MR) is 76.7 cm³/mol. The largest absolute Gasteiger partial charge is 0.397 e. The van der Waals surface area contributed by atoms with Gasteiger partial charge in [-0.3, -0.25) is 4.79 Å². The number of hydrogen-bond donors (Lipinski definition) is 1. The number of aromatic nitrogens is 1. The second-order valence-corrected chi connectivity index (χ2v) is 4.85. The van der Waals surface area contributed by atoms with Crippen molar-refractivity contribution < 1.29 is 9.18 Å². The lowest BCUT2D eigenvalue weighted by molar-refractivity contribution is 0.0774. The van der Waals surface area contributed by atoms with Crippen LogP contribution in [0.3, 0.4) is 0 Å². The van der Waals surface area contributed by atoms with Crippen molar-refractivity contribution in [3.8, 4) is 6.07 Å². The SMILES string of the molecule is CN(Cc1cc(C#N)ccc1F)C(=O)c1cc(N)cn1C. The summed E-state index contributed by atoms with van der Waals surface area (Å²) in [6.07, 6.45) is 1.64. The first-order valence-electron chi connectivity index (χ1n) is 6.28. The Morgan fingerprint density at radius 2 is 2.19 bits per heavy atom. The number of carbonyl (C=O) groups excluding carboxylic acids is 1. The van der Waals surface area contributed by atoms with E-state index in [1.807, 2.05) is 6.07 Å². The number of aryl methyl sites for hydroxylation is 1. The number of benzene rings is 1. The van der Waals surface area contributed by atoms with Crippen molar-refractivity contribution in [2.75, 3.05) is 12.8 Å². The molecule has 0 fully saturated rings. The van der Waals surface area contributed by atoms with Crippen LogP contribution in [-0.4, -0.2) is 22.4 Å². The van der Waals surface area contributed by atoms with Gasteiger partial charge in [-0.2, -0.15) is 5.26 Å². The van der Waals surface area contributed by atoms with Gasteiger partial charge in [0.05, 0.1) is 17.3 Å². The topological polar surface area (TPSA) is 75.1 Å². The molecule has 1 aromatic carbocycles. The number of nitrogens with two attached hydrogens (primary N) is 1. The minimum absolute atomic E-state index is 0.0747. The normalized spacial score (nSPS) is 10.2. The fourth-order valence-electron chi connectivity index (χ4n) is 2.09. The summed E-state index contributed by atoms with van der Waals surface area (Å²) in [6.45, 7) is 0.0747. The second-order valence-electron chi connectivity index (χ2n) is 4.85. The third-order valence-electron chi connectivity index (χ3n) is 3.17. The van der Waals surface area contributed by atoms with Gasteiger partial charge < -0.3 is 15.2 Å². The minimum Gasteiger partial charge on any atom is -0.397 e. The maximum atomic E-state index is 13.7. The van der Waals surface area contributed by atoms with Crippen molar-refractivity contribution in [2.24, 2.45) is 7.05 Å². The number of amides is 1. The van der Waals surface area contributed by atoms with Crippen LogP contribution in [-0.2, 0) is 13.6 Å². The number of halogens is 1. The molecule has 0 aliphatic heterocycles. The molecule has 5 nitrogen and oxygen atoms in total. The Labute approximate surface area is 122 Å². The highest BCUT2D eigenvalue weighted by Crippen LogP contribution is 2.15. The van der Waals surface area contributed by atoms with Crippen LogP contribution in [0.15, 0.2) is 30.5 Å². The molecule has 0 spiro atoms. The zero-order valence-corrected chi connectivity index (χ0v) is 11.8. The molecule has 1 heterocycles. The number of nitrogen functional groups attached to an aromatic ring is 1. The minimum atomic E-state index is -0.444. The number of nitrogens with zero attached hydrogens (tertiary/aromatic N) is 3. The Morgan fingerprint density at radius 3 is 2.76 bits per heavy atom. The first-order chi connectivity index (χ1) is 9.92. The Morgan fingerprint density at radius 1 is 1.48 bits per heavy atom. The third kappa shape index (κ3) is 3.03. The lowest BCUT2D eigenvalue weighted by Crippen LogP contribution is -2.28. The van der Waals surface area contributed by atoms with Crippen LogP contribution in [0.25, 0.3) is 0 Å². The van der Waals surface area contributed by atoms with Crippen LogP contribution in [0.4, 0.5) is 10.1 Å². The van der Waals surface area contributed by atoms with Gasteiger partial charge in [-0.15, -0.1) is 0 Å². The third-order valence-corrected chi connectivity index (χ3v) is 3.17. The van der Waals surface area contributed by atoms with E-state index in [4.69, 9.17) is 11.0 Å². The predicted octanol–water partition coefficient (Wildman–Crippen LogP) is 1.89. The molecule has 21 heavy (non-hydrogen) atoms. The quantitative estimate of drug-likeness (QED) is 0.936. The van der Waals surface area contributed by atoms with E-state index in [2.05, 4.69) is 0 Å². The zero-order valence-electron chi connectivity index (χ0n) is 11.8. The summed E-state index contributed by atoms with van der Waals surface area (Å²) in [4.78, 5) is 13.7. The maximum absolute atomic E-state index is 13.7. The van der Waals surface area contributed by atoms with Crippen molar-refractivity contribution in [3.63, 3.8) is 0 Å². The first-order valence-corrected chi connectivity index (χ1v) is 6.28. The summed E-state index contributed by atoms with van der Waals surface area (Å²) in [5.74, 6) is -0.712. The molecular weight excluding hydrogens is 271 g/mol. The molecule has 1 aromatic heterocycles. The molecule has 0 radical (unpaired) electrons. The van der Waals surface area contributed by atoms with E-state index in [0.29, 0.717) is 22.5 Å². The van der Waals surface area contributed by atoms with E-state index in [9.17, 15) is 9.18 Å². The van der Waals surface area contributed by atoms with Gasteiger partial charge in [0.1, 0.15) is 11.5 Å². The smallest absolute Gasteiger partial charge is 0.270 e. The van der Waals surface area contributed by atoms with Gasteiger partial charge >= 0.3 is 0 Å². The van der Waals surface area contributed by atoms with Crippen molar-refractivity contribution in [3.05, 3.63) is 53.1 Å². The Bertz CT molecular complexity index is 730. The molecule has 0 bridgehead atoms. The van der Waals surface area contributed by atoms with E-state index >= 15 is 0 Å². The summed E-state index contributed by atoms with van der Waals surface area (Å²) in [6, 6.07) is 7.59. The molecule has 0 saturated carbocycles. The van der Waals surface area contributed by atoms with Crippen LogP contribution in [0.1, 0.15) is 21.6 Å². The van der Waals surface area contributed by atoms with E-state index < -0.39 is 5.82 Å². The molecule has 0 atom stereocenters. The highest BCUT2D eigenvalue weighted by molar-refractivity contribution is 5.93. The van der Waals surface area contributed by atoms with Crippen LogP contribution < -0.4 is 5.73 Å². The molecule has 2 N–H and O–H groups in total. The second kappa shape index (κ2) is 5.67. The van der Waals surface area contributed by atoms with Gasteiger partial charge in [0.25, 0.3) is 5.91 Å². The summed E-state index contributed by atoms with van der Waals surface area (Å²) in [7, 11) is 3.29. The maximum Gasteiger partial charge on any atom is 0.270 e. The number of carbonyl (C=O) groups is 1. The number of hydrogen-bond acceptors (Lipinski definition) is 3. The Balaban J connectivity index is 2.22. The lowest BCUT2D eigenvalue weighted by atomic mass is 10.1. The van der Waals surface area contributed by atoms with Gasteiger partial charge in [-0.25, -0.2) is 4.39 Å². The van der Waals surface area contributed by atoms with Crippen LogP contribution >= 0.6 is 0 Å². The fraction of sp³-hybridized carbons (Fsp3) is 0.200. The van der Waals surface area contributed by atoms with E-state index in [0.717, 1.165) is 0 Å². The number of anilines is 1. The molecular formula is C15H15FN4O. The standard InChI is InChI=1S/C15H15FN4O/c1-19-9-12(18)6-14(19)15(21)20(2)8-11-5-10(7-17)3-4-13(11)16/h3-6,9H,8,18H2,1-2H3. The van der Waals surface area contributed by atoms with Crippen LogP contribution in [0.2, 0.25) is 0 Å². The van der Waals surface area contributed by atoms with E-state index in [-0.39, 0.29) is 12.5 Å². The summed E-state index contributed by atoms with van der Waals surface area (Å²) in [5.41, 5.74) is 7.21. The average molecular weight is 286 g/mol. The zero-order chi connectivity index (χ0) is 15.6. The van der Waals surface area contributed by atoms with E-state index in [1.165, 1.54) is 23.1 Å². The van der Waals surface area contributed by atoms with E-state index in [1.54, 1.807) is 30.9 Å². The molecule has 2 aromatic rings. The number of rotatable bonds is 3. The Kier molecular flexibility index (Phi) is 3.94. The highest BCUT2D eigenvalue weighted by Gasteiger charge is 2.17. The first kappa shape index (κ1) is 14.6. The Hall–Kier alpha value is -2.81. The van der Waals surface area contributed by atoms with Gasteiger partial charge in [0.15, 0.2) is 0 Å². The monoisotopic (exact) mass is 286 g/mol. The highest BCUT2D eigenvalue weighted by atomic mass is 19.1. The van der Waals surface area contributed by atoms with Gasteiger partial charge in [-0.1, -0.05) is 0 Å². The molecule has 0 saturated heterocycles. The van der Waals surface area contributed by atoms with Crippen molar-refractivity contribution in [1.82, 2.24) is 9.47 Å². The molecule has 0 aliphatic carbocycles. The molecule has 0 aliphatic rings. The summed E-state index contributed by atoms with van der Waals surface area (Å²) < 4.78 is 15.4. The molecule has 2 rings (SSSR count). The molecule has 1 amide bonds. The van der Waals surface area contributed by atoms with Crippen LogP contribution in [0, 0.1) is 17.1 Å². The molecule has 6 heteroatoms. The molecule has 0 unspecified atom stereocenters. The van der Waals surface area contributed by atoms with Gasteiger partial charge in [0, 0.05) is 32.4 Å². The molecule has 108 valence electrons. The fourth-order valence-corrected chi connectivity index (χ4v) is 2.09. The summed E-state index contributed by atoms with van der Waals surface area (Å²) >= 11 is 0. The van der Waals surface area contributed by atoms with Crippen molar-refractivity contribution in [1.29, 1.82) is 5.26 Å².